The molecule has 0 rings (SSSR count). The quantitative estimate of drug-likeness (QED) is 0.313. The van der Waals surface area contributed by atoms with Crippen LogP contribution in [0.25, 0.3) is 0 Å². The second-order valence-corrected chi connectivity index (χ2v) is 1.90. The Morgan fingerprint density at radius 3 is 1.67 bits per heavy atom. The van der Waals surface area contributed by atoms with E-state index < -0.39 is 17.7 Å². The monoisotopic (exact) mass is 182 g/mol. The summed E-state index contributed by atoms with van der Waals surface area (Å²) in [6.07, 6.45) is 0. The van der Waals surface area contributed by atoms with Crippen LogP contribution in [0.5, 0.6) is 0 Å². The first-order valence-corrected chi connectivity index (χ1v) is 2.80. The zero-order valence-electron chi connectivity index (χ0n) is 3.55. The number of hydrogen-bond donors (Lipinski definition) is 3. The Morgan fingerprint density at radius 2 is 1.67 bits per heavy atom. The second kappa shape index (κ2) is 5.18. The molecule has 0 aromatic carbocycles. The van der Waals surface area contributed by atoms with E-state index in [-0.39, 0.29) is 51.4 Å². The minimum absolute atomic E-state index is 0. The van der Waals surface area contributed by atoms with Gasteiger partial charge in [-0.3, -0.25) is 4.55 Å². The van der Waals surface area contributed by atoms with E-state index in [1.165, 1.54) is 0 Å². The standard InChI is InChI=1S/BH3O6S.K.H/c2-1(3)7-8(4,5)6;;/h2-3H,(H,4,5,6);;. The van der Waals surface area contributed by atoms with Crippen LogP contribution in [0.3, 0.4) is 0 Å². The predicted octanol–water partition coefficient (Wildman–Crippen LogP) is -2.87. The summed E-state index contributed by atoms with van der Waals surface area (Å²) >= 11 is 0. The van der Waals surface area contributed by atoms with E-state index >= 15 is 0 Å². The Labute approximate surface area is 94.8 Å². The summed E-state index contributed by atoms with van der Waals surface area (Å²) in [6.45, 7) is 0. The van der Waals surface area contributed by atoms with Crippen molar-refractivity contribution in [3.8, 4) is 0 Å². The molecule has 0 amide bonds. The molecule has 9 heavy (non-hydrogen) atoms. The first kappa shape index (κ1) is 13.1. The molecule has 0 aromatic rings. The third kappa shape index (κ3) is 12.6. The normalized spacial score (nSPS) is 10.1. The Kier molecular flexibility index (Phi) is 7.55. The summed E-state index contributed by atoms with van der Waals surface area (Å²) in [4.78, 5) is 0. The van der Waals surface area contributed by atoms with Crippen LogP contribution in [0, 0.1) is 0 Å². The summed E-state index contributed by atoms with van der Waals surface area (Å²) in [5, 5.41) is 15.4. The number of hydrogen-bond acceptors (Lipinski definition) is 5. The molecule has 0 aliphatic carbocycles. The van der Waals surface area contributed by atoms with Gasteiger partial charge in [-0.15, -0.1) is 0 Å². The molecule has 0 aliphatic rings. The van der Waals surface area contributed by atoms with Gasteiger partial charge >= 0.3 is 69.1 Å². The topological polar surface area (TPSA) is 104 Å². The van der Waals surface area contributed by atoms with Gasteiger partial charge < -0.3 is 10.0 Å². The molecule has 0 fully saturated rings. The van der Waals surface area contributed by atoms with E-state index in [1.54, 1.807) is 0 Å². The van der Waals surface area contributed by atoms with Gasteiger partial charge in [-0.05, 0) is 0 Å². The van der Waals surface area contributed by atoms with Crippen molar-refractivity contribution < 1.29 is 27.1 Å². The zero-order chi connectivity index (χ0) is 6.78. The SMILES string of the molecule is O=S(=O)(O)OB(O)O.[KH]. The average Bonchev–Trinajstić information content (AvgIpc) is 1.21. The molecule has 3 N–H and O–H groups in total. The molecule has 0 radical (unpaired) electrons. The zero-order valence-corrected chi connectivity index (χ0v) is 4.37. The van der Waals surface area contributed by atoms with Gasteiger partial charge in [-0.25, -0.2) is 4.10 Å². The molecule has 0 aromatic heterocycles. The molecular weight excluding hydrogens is 178 g/mol. The second-order valence-electron chi connectivity index (χ2n) is 0.850. The third-order valence-corrected chi connectivity index (χ3v) is 0.623. The van der Waals surface area contributed by atoms with Crippen molar-refractivity contribution in [2.24, 2.45) is 0 Å². The predicted molar refractivity (Wildman–Crippen MR) is 30.0 cm³/mol. The van der Waals surface area contributed by atoms with E-state index in [4.69, 9.17) is 14.6 Å². The molecule has 0 bridgehead atoms. The van der Waals surface area contributed by atoms with Crippen molar-refractivity contribution >= 4 is 69.1 Å². The summed E-state index contributed by atoms with van der Waals surface area (Å²) in [7, 11) is -7.22. The van der Waals surface area contributed by atoms with E-state index in [1.807, 2.05) is 0 Å². The molecular formula is H4BKO6S. The molecule has 50 valence electrons. The Morgan fingerprint density at radius 1 is 1.33 bits per heavy atom. The van der Waals surface area contributed by atoms with Gasteiger partial charge in [0.15, 0.2) is 0 Å². The van der Waals surface area contributed by atoms with Crippen LogP contribution in [0.4, 0.5) is 0 Å². The van der Waals surface area contributed by atoms with Gasteiger partial charge in [-0.2, -0.15) is 8.42 Å². The van der Waals surface area contributed by atoms with Crippen LogP contribution >= 0.6 is 0 Å². The molecule has 0 heterocycles. The molecule has 0 aliphatic heterocycles. The van der Waals surface area contributed by atoms with Crippen molar-refractivity contribution in [2.45, 2.75) is 0 Å². The van der Waals surface area contributed by atoms with Crippen molar-refractivity contribution in [3.05, 3.63) is 0 Å². The van der Waals surface area contributed by atoms with Crippen LogP contribution in [-0.4, -0.2) is 81.7 Å². The van der Waals surface area contributed by atoms with Crippen LogP contribution < -0.4 is 0 Å². The van der Waals surface area contributed by atoms with Crippen molar-refractivity contribution in [1.29, 1.82) is 0 Å². The molecule has 0 atom stereocenters. The molecule has 9 heteroatoms. The first-order valence-electron chi connectivity index (χ1n) is 1.43. The van der Waals surface area contributed by atoms with Crippen molar-refractivity contribution in [3.63, 3.8) is 0 Å². The fourth-order valence-electron chi connectivity index (χ4n) is 0.109. The van der Waals surface area contributed by atoms with Gasteiger partial charge in [0.05, 0.1) is 0 Å². The number of rotatable bonds is 2. The fraction of sp³-hybridized carbons (Fsp3) is 0. The minimum atomic E-state index is -4.72. The average molecular weight is 182 g/mol. The van der Waals surface area contributed by atoms with Gasteiger partial charge in [0, 0.05) is 0 Å². The Hall–Kier alpha value is 1.49. The summed E-state index contributed by atoms with van der Waals surface area (Å²) in [5.74, 6) is 0. The van der Waals surface area contributed by atoms with E-state index in [2.05, 4.69) is 4.10 Å². The van der Waals surface area contributed by atoms with Crippen molar-refractivity contribution in [2.75, 3.05) is 0 Å². The van der Waals surface area contributed by atoms with Gasteiger partial charge in [0.1, 0.15) is 0 Å². The molecule has 6 nitrogen and oxygen atoms in total. The van der Waals surface area contributed by atoms with Crippen LogP contribution in [0.15, 0.2) is 0 Å². The summed E-state index contributed by atoms with van der Waals surface area (Å²) in [6, 6.07) is 0. The third-order valence-electron chi connectivity index (χ3n) is 0.208. The maximum atomic E-state index is 9.46. The summed E-state index contributed by atoms with van der Waals surface area (Å²) in [5.41, 5.74) is 0. The van der Waals surface area contributed by atoms with E-state index in [0.29, 0.717) is 0 Å². The molecule has 0 unspecified atom stereocenters. The van der Waals surface area contributed by atoms with Crippen LogP contribution in [0.1, 0.15) is 0 Å². The first-order chi connectivity index (χ1) is 3.42. The fourth-order valence-corrected chi connectivity index (χ4v) is 0.326. The van der Waals surface area contributed by atoms with Crippen LogP contribution in [-0.2, 0) is 14.5 Å². The maximum absolute atomic E-state index is 9.46. The molecule has 0 saturated heterocycles. The van der Waals surface area contributed by atoms with E-state index in [9.17, 15) is 8.42 Å². The Bertz CT molecular complexity index is 146. The van der Waals surface area contributed by atoms with E-state index in [0.717, 1.165) is 0 Å². The van der Waals surface area contributed by atoms with Gasteiger partial charge in [0.2, 0.25) is 0 Å². The van der Waals surface area contributed by atoms with Crippen LogP contribution in [0.2, 0.25) is 0 Å². The van der Waals surface area contributed by atoms with Gasteiger partial charge in [0.25, 0.3) is 0 Å². The molecule has 0 saturated carbocycles. The van der Waals surface area contributed by atoms with Gasteiger partial charge in [-0.1, -0.05) is 0 Å². The van der Waals surface area contributed by atoms with Crippen molar-refractivity contribution in [1.82, 2.24) is 0 Å². The Balaban J connectivity index is 0. The summed E-state index contributed by atoms with van der Waals surface area (Å²) < 4.78 is 29.6. The molecule has 0 spiro atoms.